The lowest BCUT2D eigenvalue weighted by Gasteiger charge is -2.09. The number of nitrogens with zero attached hydrogens (tertiary/aromatic N) is 2. The van der Waals surface area contributed by atoms with Crippen LogP contribution in [0.5, 0.6) is 5.75 Å². The van der Waals surface area contributed by atoms with Gasteiger partial charge in [-0.2, -0.15) is 0 Å². The number of fused-ring (bicyclic) bond motifs is 1. The fraction of sp³-hybridized carbons (Fsp3) is 0.222. The van der Waals surface area contributed by atoms with Gasteiger partial charge in [0.15, 0.2) is 0 Å². The fourth-order valence-corrected chi connectivity index (χ4v) is 2.58. The molecule has 5 heteroatoms. The Kier molecular flexibility index (Phi) is 4.28. The zero-order chi connectivity index (χ0) is 16.2. The molecule has 3 aromatic rings. The highest BCUT2D eigenvalue weighted by Gasteiger charge is 2.08. The van der Waals surface area contributed by atoms with Crippen LogP contribution in [-0.2, 0) is 6.42 Å². The van der Waals surface area contributed by atoms with Crippen molar-refractivity contribution in [1.29, 1.82) is 0 Å². The number of hydrogen-bond acceptors (Lipinski definition) is 3. The SMILES string of the molecule is COc1ccccc1CCNC(=O)c1ccc2nc(C)cn2c1. The van der Waals surface area contributed by atoms with Gasteiger partial charge in [0, 0.05) is 18.9 Å². The number of para-hydroxylation sites is 1. The van der Waals surface area contributed by atoms with Crippen molar-refractivity contribution in [3.05, 3.63) is 65.6 Å². The van der Waals surface area contributed by atoms with Crippen LogP contribution in [0.15, 0.2) is 48.8 Å². The topological polar surface area (TPSA) is 55.6 Å². The molecule has 0 saturated carbocycles. The van der Waals surface area contributed by atoms with Gasteiger partial charge in [0.1, 0.15) is 11.4 Å². The number of carbonyl (C=O) groups excluding carboxylic acids is 1. The third-order valence-electron chi connectivity index (χ3n) is 3.71. The Bertz CT molecular complexity index is 839. The summed E-state index contributed by atoms with van der Waals surface area (Å²) < 4.78 is 7.18. The van der Waals surface area contributed by atoms with E-state index in [4.69, 9.17) is 4.74 Å². The minimum atomic E-state index is -0.0897. The van der Waals surface area contributed by atoms with E-state index in [0.29, 0.717) is 12.1 Å². The van der Waals surface area contributed by atoms with E-state index in [0.717, 1.165) is 29.1 Å². The molecule has 0 atom stereocenters. The quantitative estimate of drug-likeness (QED) is 0.788. The lowest BCUT2D eigenvalue weighted by Crippen LogP contribution is -2.26. The van der Waals surface area contributed by atoms with Crippen LogP contribution in [0.2, 0.25) is 0 Å². The van der Waals surface area contributed by atoms with E-state index in [2.05, 4.69) is 10.3 Å². The standard InChI is InChI=1S/C18H19N3O2/c1-13-11-21-12-15(7-8-17(21)20-13)18(22)19-10-9-14-5-3-4-6-16(14)23-2/h3-8,11-12H,9-10H2,1-2H3,(H,19,22). The zero-order valence-electron chi connectivity index (χ0n) is 13.2. The second-order valence-corrected chi connectivity index (χ2v) is 5.38. The van der Waals surface area contributed by atoms with Gasteiger partial charge >= 0.3 is 0 Å². The number of ether oxygens (including phenoxy) is 1. The number of pyridine rings is 1. The van der Waals surface area contributed by atoms with Crippen LogP contribution in [0.25, 0.3) is 5.65 Å². The van der Waals surface area contributed by atoms with Crippen LogP contribution < -0.4 is 10.1 Å². The third-order valence-corrected chi connectivity index (χ3v) is 3.71. The minimum Gasteiger partial charge on any atom is -0.496 e. The molecular weight excluding hydrogens is 290 g/mol. The van der Waals surface area contributed by atoms with Gasteiger partial charge in [0.25, 0.3) is 5.91 Å². The Morgan fingerprint density at radius 1 is 1.22 bits per heavy atom. The van der Waals surface area contributed by atoms with Gasteiger partial charge < -0.3 is 14.5 Å². The van der Waals surface area contributed by atoms with Crippen molar-refractivity contribution in [3.8, 4) is 5.75 Å². The summed E-state index contributed by atoms with van der Waals surface area (Å²) in [6.45, 7) is 2.49. The van der Waals surface area contributed by atoms with Crippen LogP contribution in [0.3, 0.4) is 0 Å². The van der Waals surface area contributed by atoms with E-state index in [1.807, 2.05) is 47.9 Å². The molecule has 0 saturated heterocycles. The zero-order valence-corrected chi connectivity index (χ0v) is 13.2. The van der Waals surface area contributed by atoms with Crippen molar-refractivity contribution in [2.45, 2.75) is 13.3 Å². The van der Waals surface area contributed by atoms with Crippen molar-refractivity contribution < 1.29 is 9.53 Å². The van der Waals surface area contributed by atoms with Gasteiger partial charge in [-0.3, -0.25) is 4.79 Å². The first-order valence-electron chi connectivity index (χ1n) is 7.53. The second-order valence-electron chi connectivity index (χ2n) is 5.38. The molecule has 0 aliphatic heterocycles. The molecule has 5 nitrogen and oxygen atoms in total. The number of rotatable bonds is 5. The van der Waals surface area contributed by atoms with Crippen LogP contribution in [0.1, 0.15) is 21.6 Å². The molecule has 0 bridgehead atoms. The van der Waals surface area contributed by atoms with E-state index in [-0.39, 0.29) is 5.91 Å². The van der Waals surface area contributed by atoms with E-state index in [1.54, 1.807) is 19.4 Å². The van der Waals surface area contributed by atoms with Crippen LogP contribution in [-0.4, -0.2) is 28.9 Å². The van der Waals surface area contributed by atoms with E-state index in [1.165, 1.54) is 0 Å². The molecular formula is C18H19N3O2. The Morgan fingerprint density at radius 2 is 2.04 bits per heavy atom. The lowest BCUT2D eigenvalue weighted by molar-refractivity contribution is 0.0953. The lowest BCUT2D eigenvalue weighted by atomic mass is 10.1. The van der Waals surface area contributed by atoms with Crippen LogP contribution in [0.4, 0.5) is 0 Å². The summed E-state index contributed by atoms with van der Waals surface area (Å²) in [4.78, 5) is 16.6. The Balaban J connectivity index is 1.64. The van der Waals surface area contributed by atoms with Crippen molar-refractivity contribution in [1.82, 2.24) is 14.7 Å². The Morgan fingerprint density at radius 3 is 2.87 bits per heavy atom. The smallest absolute Gasteiger partial charge is 0.252 e. The van der Waals surface area contributed by atoms with Crippen LogP contribution in [0, 0.1) is 6.92 Å². The van der Waals surface area contributed by atoms with Crippen molar-refractivity contribution >= 4 is 11.6 Å². The molecule has 0 radical (unpaired) electrons. The number of aromatic nitrogens is 2. The number of methoxy groups -OCH3 is 1. The van der Waals surface area contributed by atoms with Gasteiger partial charge in [0.05, 0.1) is 18.4 Å². The summed E-state index contributed by atoms with van der Waals surface area (Å²) in [7, 11) is 1.65. The van der Waals surface area contributed by atoms with Gasteiger partial charge in [-0.05, 0) is 37.1 Å². The normalized spacial score (nSPS) is 10.7. The molecule has 2 aromatic heterocycles. The largest absolute Gasteiger partial charge is 0.496 e. The van der Waals surface area contributed by atoms with Crippen molar-refractivity contribution in [2.24, 2.45) is 0 Å². The molecule has 1 amide bonds. The summed E-state index contributed by atoms with van der Waals surface area (Å²) in [6, 6.07) is 11.5. The summed E-state index contributed by atoms with van der Waals surface area (Å²) in [5.41, 5.74) is 3.47. The van der Waals surface area contributed by atoms with E-state index in [9.17, 15) is 4.79 Å². The second kappa shape index (κ2) is 6.52. The number of benzene rings is 1. The van der Waals surface area contributed by atoms with Crippen molar-refractivity contribution in [3.63, 3.8) is 0 Å². The maximum Gasteiger partial charge on any atom is 0.252 e. The molecule has 0 unspecified atom stereocenters. The highest BCUT2D eigenvalue weighted by Crippen LogP contribution is 2.17. The summed E-state index contributed by atoms with van der Waals surface area (Å²) in [5.74, 6) is 0.755. The van der Waals surface area contributed by atoms with Gasteiger partial charge in [-0.15, -0.1) is 0 Å². The minimum absolute atomic E-state index is 0.0897. The summed E-state index contributed by atoms with van der Waals surface area (Å²) >= 11 is 0. The fourth-order valence-electron chi connectivity index (χ4n) is 2.58. The summed E-state index contributed by atoms with van der Waals surface area (Å²) in [6.07, 6.45) is 4.43. The molecule has 0 fully saturated rings. The molecule has 0 spiro atoms. The molecule has 118 valence electrons. The Hall–Kier alpha value is -2.82. The highest BCUT2D eigenvalue weighted by molar-refractivity contribution is 5.94. The average Bonchev–Trinajstić information content (AvgIpc) is 2.94. The van der Waals surface area contributed by atoms with Gasteiger partial charge in [0.2, 0.25) is 0 Å². The molecule has 2 heterocycles. The predicted octanol–water partition coefficient (Wildman–Crippen LogP) is 2.62. The number of hydrogen-bond donors (Lipinski definition) is 1. The molecule has 1 N–H and O–H groups in total. The highest BCUT2D eigenvalue weighted by atomic mass is 16.5. The number of nitrogens with one attached hydrogen (secondary N) is 1. The first kappa shape index (κ1) is 15.1. The number of amides is 1. The molecule has 0 aliphatic carbocycles. The average molecular weight is 309 g/mol. The number of aryl methyl sites for hydroxylation is 1. The van der Waals surface area contributed by atoms with Gasteiger partial charge in [-0.25, -0.2) is 4.98 Å². The van der Waals surface area contributed by atoms with Gasteiger partial charge in [-0.1, -0.05) is 18.2 Å². The monoisotopic (exact) mass is 309 g/mol. The molecule has 3 rings (SSSR count). The molecule has 23 heavy (non-hydrogen) atoms. The van der Waals surface area contributed by atoms with Crippen LogP contribution >= 0.6 is 0 Å². The van der Waals surface area contributed by atoms with Crippen molar-refractivity contribution in [2.75, 3.05) is 13.7 Å². The Labute approximate surface area is 134 Å². The third kappa shape index (κ3) is 3.34. The molecule has 1 aromatic carbocycles. The summed E-state index contributed by atoms with van der Waals surface area (Å²) in [5, 5.41) is 2.94. The first-order chi connectivity index (χ1) is 11.2. The van der Waals surface area contributed by atoms with E-state index < -0.39 is 0 Å². The first-order valence-corrected chi connectivity index (χ1v) is 7.53. The number of imidazole rings is 1. The molecule has 0 aliphatic rings. The maximum absolute atomic E-state index is 12.3. The predicted molar refractivity (Wildman–Crippen MR) is 89.0 cm³/mol. The van der Waals surface area contributed by atoms with E-state index >= 15 is 0 Å². The maximum atomic E-state index is 12.3. The number of carbonyl (C=O) groups is 1.